The zero-order chi connectivity index (χ0) is 16.9. The number of hydrogen-bond donors (Lipinski definition) is 2. The van der Waals surface area contributed by atoms with Gasteiger partial charge in [0, 0.05) is 22.4 Å². The smallest absolute Gasteiger partial charge is 0.232 e. The fourth-order valence-electron chi connectivity index (χ4n) is 4.38. The first-order valence-electron chi connectivity index (χ1n) is 7.74. The van der Waals surface area contributed by atoms with Gasteiger partial charge < -0.3 is 5.32 Å². The van der Waals surface area contributed by atoms with E-state index in [1.54, 1.807) is 24.5 Å². The van der Waals surface area contributed by atoms with Crippen LogP contribution in [0.2, 0.25) is 0 Å². The Bertz CT molecular complexity index is 660. The minimum absolute atomic E-state index is 0.176. The first-order chi connectivity index (χ1) is 10.7. The maximum atomic E-state index is 12.8. The highest BCUT2D eigenvalue weighted by molar-refractivity contribution is 6.05. The number of fused-ring (bicyclic) bond motifs is 2. The average molecular weight is 315 g/mol. The highest BCUT2D eigenvalue weighted by atomic mass is 16.2. The summed E-state index contributed by atoms with van der Waals surface area (Å²) in [6.07, 6.45) is 4.53. The SMILES string of the molecule is CC12CC(C)(CC(C)(C(=O)Nc3cccnc3)C1)C(=O)NC2=O. The van der Waals surface area contributed by atoms with Gasteiger partial charge >= 0.3 is 0 Å². The molecule has 23 heavy (non-hydrogen) atoms. The van der Waals surface area contributed by atoms with Crippen molar-refractivity contribution in [3.8, 4) is 0 Å². The van der Waals surface area contributed by atoms with Crippen LogP contribution in [-0.2, 0) is 14.4 Å². The maximum Gasteiger partial charge on any atom is 0.232 e. The average Bonchev–Trinajstić information content (AvgIpc) is 2.45. The lowest BCUT2D eigenvalue weighted by molar-refractivity contribution is -0.163. The molecule has 2 heterocycles. The molecule has 2 unspecified atom stereocenters. The van der Waals surface area contributed by atoms with E-state index in [-0.39, 0.29) is 17.7 Å². The fourth-order valence-corrected chi connectivity index (χ4v) is 4.38. The third kappa shape index (κ3) is 2.52. The molecule has 0 radical (unpaired) electrons. The number of piperidine rings is 1. The molecular weight excluding hydrogens is 294 g/mol. The number of anilines is 1. The van der Waals surface area contributed by atoms with Gasteiger partial charge in [0.1, 0.15) is 0 Å². The van der Waals surface area contributed by atoms with Gasteiger partial charge in [-0.25, -0.2) is 0 Å². The summed E-state index contributed by atoms with van der Waals surface area (Å²) in [5, 5.41) is 5.33. The molecule has 1 saturated heterocycles. The molecule has 122 valence electrons. The summed E-state index contributed by atoms with van der Waals surface area (Å²) in [5.41, 5.74) is -1.59. The number of amides is 3. The van der Waals surface area contributed by atoms with Crippen molar-refractivity contribution in [2.24, 2.45) is 16.2 Å². The molecule has 1 aromatic heterocycles. The first kappa shape index (κ1) is 15.6. The van der Waals surface area contributed by atoms with E-state index in [1.165, 1.54) is 0 Å². The normalized spacial score (nSPS) is 36.3. The van der Waals surface area contributed by atoms with Crippen molar-refractivity contribution in [1.82, 2.24) is 10.3 Å². The molecule has 2 N–H and O–H groups in total. The molecule has 2 aliphatic rings. The van der Waals surface area contributed by atoms with Gasteiger partial charge in [0.15, 0.2) is 0 Å². The van der Waals surface area contributed by atoms with Gasteiger partial charge in [-0.15, -0.1) is 0 Å². The third-order valence-corrected chi connectivity index (χ3v) is 5.13. The number of carbonyl (C=O) groups excluding carboxylic acids is 3. The summed E-state index contributed by atoms with van der Waals surface area (Å²) in [5.74, 6) is -0.731. The van der Waals surface area contributed by atoms with E-state index in [9.17, 15) is 14.4 Å². The van der Waals surface area contributed by atoms with Gasteiger partial charge in [0.05, 0.1) is 11.9 Å². The van der Waals surface area contributed by atoms with Gasteiger partial charge in [0.25, 0.3) is 0 Å². The Kier molecular flexibility index (Phi) is 3.32. The molecule has 1 saturated carbocycles. The molecule has 1 aliphatic carbocycles. The van der Waals surface area contributed by atoms with E-state index in [1.807, 2.05) is 20.8 Å². The maximum absolute atomic E-state index is 12.8. The minimum atomic E-state index is -0.787. The standard InChI is InChI=1S/C17H21N3O3/c1-15(12(21)19-11-5-4-6-18-7-11)8-16(2)10-17(3,9-15)14(23)20-13(16)22/h4-7H,8-10H2,1-3H3,(H,19,21)(H,20,22,23). The largest absolute Gasteiger partial charge is 0.324 e. The van der Waals surface area contributed by atoms with Crippen molar-refractivity contribution in [2.45, 2.75) is 40.0 Å². The molecule has 6 heteroatoms. The number of nitrogens with one attached hydrogen (secondary N) is 2. The van der Waals surface area contributed by atoms with Gasteiger partial charge in [-0.1, -0.05) is 20.8 Å². The summed E-state index contributed by atoms with van der Waals surface area (Å²) in [6, 6.07) is 3.51. The third-order valence-electron chi connectivity index (χ3n) is 5.13. The van der Waals surface area contributed by atoms with E-state index in [4.69, 9.17) is 0 Å². The van der Waals surface area contributed by atoms with Crippen LogP contribution in [0.15, 0.2) is 24.5 Å². The minimum Gasteiger partial charge on any atom is -0.324 e. The second-order valence-corrected chi connectivity index (χ2v) is 7.69. The molecule has 3 amide bonds. The van der Waals surface area contributed by atoms with E-state index < -0.39 is 16.2 Å². The highest BCUT2D eigenvalue weighted by Gasteiger charge is 2.60. The molecule has 0 aromatic carbocycles. The van der Waals surface area contributed by atoms with Crippen LogP contribution in [0.5, 0.6) is 0 Å². The molecule has 6 nitrogen and oxygen atoms in total. The van der Waals surface area contributed by atoms with Crippen LogP contribution in [0.25, 0.3) is 0 Å². The molecule has 1 aromatic rings. The Labute approximate surface area is 135 Å². The van der Waals surface area contributed by atoms with Crippen LogP contribution in [0.4, 0.5) is 5.69 Å². The quantitative estimate of drug-likeness (QED) is 0.816. The number of carbonyl (C=O) groups is 3. The van der Waals surface area contributed by atoms with Gasteiger partial charge in [-0.3, -0.25) is 24.7 Å². The van der Waals surface area contributed by atoms with Crippen molar-refractivity contribution in [3.05, 3.63) is 24.5 Å². The number of rotatable bonds is 2. The zero-order valence-electron chi connectivity index (χ0n) is 13.6. The second-order valence-electron chi connectivity index (χ2n) is 7.69. The van der Waals surface area contributed by atoms with Crippen molar-refractivity contribution in [1.29, 1.82) is 0 Å². The molecule has 0 spiro atoms. The van der Waals surface area contributed by atoms with E-state index in [2.05, 4.69) is 15.6 Å². The molecule has 3 rings (SSSR count). The lowest BCUT2D eigenvalue weighted by Gasteiger charge is -2.53. The molecule has 2 fully saturated rings. The Hall–Kier alpha value is -2.24. The van der Waals surface area contributed by atoms with Crippen molar-refractivity contribution in [2.75, 3.05) is 5.32 Å². The van der Waals surface area contributed by atoms with E-state index in [0.717, 1.165) is 0 Å². The van der Waals surface area contributed by atoms with Gasteiger partial charge in [0.2, 0.25) is 17.7 Å². The van der Waals surface area contributed by atoms with Crippen LogP contribution >= 0.6 is 0 Å². The predicted molar refractivity (Wildman–Crippen MR) is 84.2 cm³/mol. The number of imide groups is 1. The summed E-state index contributed by atoms with van der Waals surface area (Å²) in [4.78, 5) is 41.4. The Morgan fingerprint density at radius 1 is 1.13 bits per heavy atom. The lowest BCUT2D eigenvalue weighted by atomic mass is 9.52. The molecule has 2 bridgehead atoms. The van der Waals surface area contributed by atoms with Crippen LogP contribution in [0, 0.1) is 16.2 Å². The summed E-state index contributed by atoms with van der Waals surface area (Å²) in [7, 11) is 0. The summed E-state index contributed by atoms with van der Waals surface area (Å²) < 4.78 is 0. The number of nitrogens with zero attached hydrogens (tertiary/aromatic N) is 1. The molecule has 1 aliphatic heterocycles. The van der Waals surface area contributed by atoms with Crippen LogP contribution in [0.1, 0.15) is 40.0 Å². The Morgan fingerprint density at radius 2 is 1.74 bits per heavy atom. The highest BCUT2D eigenvalue weighted by Crippen LogP contribution is 2.56. The zero-order valence-corrected chi connectivity index (χ0v) is 13.6. The van der Waals surface area contributed by atoms with Crippen LogP contribution in [-0.4, -0.2) is 22.7 Å². The Morgan fingerprint density at radius 3 is 2.26 bits per heavy atom. The molecular formula is C17H21N3O3. The van der Waals surface area contributed by atoms with Crippen molar-refractivity contribution >= 4 is 23.4 Å². The van der Waals surface area contributed by atoms with Gasteiger partial charge in [-0.05, 0) is 31.4 Å². The van der Waals surface area contributed by atoms with Gasteiger partial charge in [-0.2, -0.15) is 0 Å². The summed E-state index contributed by atoms with van der Waals surface area (Å²) in [6.45, 7) is 5.50. The number of hydrogen-bond acceptors (Lipinski definition) is 4. The molecule has 2 atom stereocenters. The lowest BCUT2D eigenvalue weighted by Crippen LogP contribution is -2.63. The van der Waals surface area contributed by atoms with E-state index >= 15 is 0 Å². The van der Waals surface area contributed by atoms with Crippen LogP contribution in [0.3, 0.4) is 0 Å². The first-order valence-corrected chi connectivity index (χ1v) is 7.74. The topological polar surface area (TPSA) is 88.2 Å². The predicted octanol–water partition coefficient (Wildman–Crippen LogP) is 1.88. The monoisotopic (exact) mass is 315 g/mol. The number of pyridine rings is 1. The fraction of sp³-hybridized carbons (Fsp3) is 0.529. The Balaban J connectivity index is 1.91. The van der Waals surface area contributed by atoms with Crippen LogP contribution < -0.4 is 10.6 Å². The summed E-state index contributed by atoms with van der Waals surface area (Å²) >= 11 is 0. The van der Waals surface area contributed by atoms with Crippen molar-refractivity contribution < 1.29 is 14.4 Å². The number of aromatic nitrogens is 1. The van der Waals surface area contributed by atoms with E-state index in [0.29, 0.717) is 24.9 Å². The second kappa shape index (κ2) is 4.88. The van der Waals surface area contributed by atoms with Crippen molar-refractivity contribution in [3.63, 3.8) is 0 Å².